The number of benzene rings is 1. The second-order valence-corrected chi connectivity index (χ2v) is 7.00. The molecule has 7 nitrogen and oxygen atoms in total. The largest absolute Gasteiger partial charge is 0.496 e. The van der Waals surface area contributed by atoms with Crippen LogP contribution in [0.2, 0.25) is 5.02 Å². The molecule has 2 aromatic rings. The Morgan fingerprint density at radius 2 is 2.12 bits per heavy atom. The van der Waals surface area contributed by atoms with Gasteiger partial charge in [-0.05, 0) is 25.8 Å². The van der Waals surface area contributed by atoms with E-state index in [9.17, 15) is 4.79 Å². The number of ether oxygens (including phenoxy) is 1. The van der Waals surface area contributed by atoms with Crippen LogP contribution < -0.4 is 15.8 Å². The molecule has 1 aliphatic rings. The van der Waals surface area contributed by atoms with E-state index in [1.54, 1.807) is 6.92 Å². The number of nitrogens with one attached hydrogen (secondary N) is 1. The molecule has 0 spiro atoms. The lowest BCUT2D eigenvalue weighted by molar-refractivity contribution is 0.0929. The van der Waals surface area contributed by atoms with Gasteiger partial charge in [0.2, 0.25) is 5.89 Å². The van der Waals surface area contributed by atoms with E-state index in [1.165, 1.54) is 38.5 Å². The van der Waals surface area contributed by atoms with Crippen LogP contribution in [0.4, 0.5) is 5.69 Å². The van der Waals surface area contributed by atoms with E-state index in [2.05, 4.69) is 15.5 Å². The Balaban J connectivity index is 1.72. The average molecular weight is 379 g/mol. The molecule has 0 bridgehead atoms. The number of aromatic nitrogens is 2. The van der Waals surface area contributed by atoms with Gasteiger partial charge in [-0.15, -0.1) is 0 Å². The molecule has 1 fully saturated rings. The van der Waals surface area contributed by atoms with Crippen LogP contribution in [-0.2, 0) is 0 Å². The van der Waals surface area contributed by atoms with E-state index in [4.69, 9.17) is 26.6 Å². The predicted molar refractivity (Wildman–Crippen MR) is 98.4 cm³/mol. The summed E-state index contributed by atoms with van der Waals surface area (Å²) < 4.78 is 10.6. The fraction of sp³-hybridized carbons (Fsp3) is 0.500. The first-order valence-corrected chi connectivity index (χ1v) is 9.14. The van der Waals surface area contributed by atoms with E-state index in [0.717, 1.165) is 18.7 Å². The molecule has 1 aromatic heterocycles. The van der Waals surface area contributed by atoms with Crippen molar-refractivity contribution in [1.82, 2.24) is 15.5 Å². The molecule has 3 rings (SSSR count). The third-order valence-corrected chi connectivity index (χ3v) is 5.04. The zero-order valence-electron chi connectivity index (χ0n) is 14.9. The molecule has 3 N–H and O–H groups in total. The van der Waals surface area contributed by atoms with Crippen LogP contribution in [0.1, 0.15) is 73.1 Å². The first-order chi connectivity index (χ1) is 12.5. The van der Waals surface area contributed by atoms with Gasteiger partial charge in [-0.3, -0.25) is 4.79 Å². The van der Waals surface area contributed by atoms with Gasteiger partial charge >= 0.3 is 0 Å². The minimum Gasteiger partial charge on any atom is -0.496 e. The van der Waals surface area contributed by atoms with Crippen molar-refractivity contribution < 1.29 is 14.1 Å². The van der Waals surface area contributed by atoms with Gasteiger partial charge in [0.25, 0.3) is 5.91 Å². The maximum atomic E-state index is 12.6. The second-order valence-electron chi connectivity index (χ2n) is 6.59. The number of methoxy groups -OCH3 is 1. The molecule has 8 heteroatoms. The number of hydrogen-bond acceptors (Lipinski definition) is 6. The van der Waals surface area contributed by atoms with Crippen LogP contribution in [-0.4, -0.2) is 23.2 Å². The summed E-state index contributed by atoms with van der Waals surface area (Å²) in [7, 11) is 1.47. The zero-order valence-corrected chi connectivity index (χ0v) is 15.7. The molecule has 1 heterocycles. The summed E-state index contributed by atoms with van der Waals surface area (Å²) in [5.74, 6) is 1.46. The molecule has 26 heavy (non-hydrogen) atoms. The Morgan fingerprint density at radius 1 is 1.38 bits per heavy atom. The van der Waals surface area contributed by atoms with Crippen molar-refractivity contribution in [2.24, 2.45) is 0 Å². The summed E-state index contributed by atoms with van der Waals surface area (Å²) in [5, 5.41) is 7.23. The number of anilines is 1. The standard InChI is InChI=1S/C18H23ClN4O3/c1-10(18-22-16(23-26-18)11-6-4-3-5-7-11)21-17(24)12-8-13(19)14(20)9-15(12)25-2/h8-11H,3-7,20H2,1-2H3,(H,21,24). The summed E-state index contributed by atoms with van der Waals surface area (Å²) in [6.45, 7) is 1.79. The van der Waals surface area contributed by atoms with Gasteiger partial charge in [-0.25, -0.2) is 0 Å². The van der Waals surface area contributed by atoms with Gasteiger partial charge in [0, 0.05) is 12.0 Å². The van der Waals surface area contributed by atoms with E-state index in [0.29, 0.717) is 33.8 Å². The Kier molecular flexibility index (Phi) is 5.66. The lowest BCUT2D eigenvalue weighted by Crippen LogP contribution is -2.27. The van der Waals surface area contributed by atoms with Crippen LogP contribution in [0, 0.1) is 0 Å². The first-order valence-electron chi connectivity index (χ1n) is 8.77. The number of amides is 1. The number of rotatable bonds is 5. The highest BCUT2D eigenvalue weighted by atomic mass is 35.5. The van der Waals surface area contributed by atoms with Gasteiger partial charge in [-0.1, -0.05) is 36.0 Å². The molecular weight excluding hydrogens is 356 g/mol. The first kappa shape index (κ1) is 18.5. The van der Waals surface area contributed by atoms with Crippen molar-refractivity contribution in [3.63, 3.8) is 0 Å². The van der Waals surface area contributed by atoms with Crippen LogP contribution in [0.15, 0.2) is 16.7 Å². The van der Waals surface area contributed by atoms with E-state index >= 15 is 0 Å². The van der Waals surface area contributed by atoms with Crippen LogP contribution in [0.25, 0.3) is 0 Å². The van der Waals surface area contributed by atoms with Crippen molar-refractivity contribution in [2.75, 3.05) is 12.8 Å². The molecule has 0 aliphatic heterocycles. The van der Waals surface area contributed by atoms with E-state index in [-0.39, 0.29) is 5.91 Å². The Hall–Kier alpha value is -2.28. The van der Waals surface area contributed by atoms with Gasteiger partial charge in [0.05, 0.1) is 23.4 Å². The second kappa shape index (κ2) is 7.95. The number of carbonyl (C=O) groups excluding carboxylic acids is 1. The smallest absolute Gasteiger partial charge is 0.255 e. The van der Waals surface area contributed by atoms with Crippen LogP contribution >= 0.6 is 11.6 Å². The number of carbonyl (C=O) groups is 1. The van der Waals surface area contributed by atoms with Gasteiger partial charge < -0.3 is 20.3 Å². The molecule has 1 saturated carbocycles. The lowest BCUT2D eigenvalue weighted by Gasteiger charge is -2.17. The SMILES string of the molecule is COc1cc(N)c(Cl)cc1C(=O)NC(C)c1nc(C2CCCCC2)no1. The van der Waals surface area contributed by atoms with Crippen molar-refractivity contribution in [3.05, 3.63) is 34.4 Å². The number of nitrogens with two attached hydrogens (primary N) is 1. The molecule has 1 aliphatic carbocycles. The number of halogens is 1. The maximum Gasteiger partial charge on any atom is 0.255 e. The average Bonchev–Trinajstić information content (AvgIpc) is 3.14. The summed E-state index contributed by atoms with van der Waals surface area (Å²) in [6, 6.07) is 2.57. The maximum absolute atomic E-state index is 12.6. The fourth-order valence-electron chi connectivity index (χ4n) is 3.20. The number of nitrogen functional groups attached to an aromatic ring is 1. The van der Waals surface area contributed by atoms with Crippen molar-refractivity contribution in [3.8, 4) is 5.75 Å². The highest BCUT2D eigenvalue weighted by Gasteiger charge is 2.24. The van der Waals surface area contributed by atoms with Crippen molar-refractivity contribution in [1.29, 1.82) is 0 Å². The fourth-order valence-corrected chi connectivity index (χ4v) is 3.36. The Bertz CT molecular complexity index is 787. The van der Waals surface area contributed by atoms with Gasteiger partial charge in [0.15, 0.2) is 5.82 Å². The Morgan fingerprint density at radius 3 is 2.81 bits per heavy atom. The van der Waals surface area contributed by atoms with Crippen molar-refractivity contribution >= 4 is 23.2 Å². The normalized spacial score (nSPS) is 16.3. The third kappa shape index (κ3) is 3.93. The summed E-state index contributed by atoms with van der Waals surface area (Å²) in [4.78, 5) is 17.1. The van der Waals surface area contributed by atoms with Crippen molar-refractivity contribution in [2.45, 2.75) is 51.0 Å². The third-order valence-electron chi connectivity index (χ3n) is 4.71. The summed E-state index contributed by atoms with van der Waals surface area (Å²) >= 11 is 6.03. The summed E-state index contributed by atoms with van der Waals surface area (Å²) in [5.41, 5.74) is 6.40. The van der Waals surface area contributed by atoms with Crippen LogP contribution in [0.5, 0.6) is 5.75 Å². The van der Waals surface area contributed by atoms with E-state index in [1.807, 2.05) is 0 Å². The quantitative estimate of drug-likeness (QED) is 0.766. The van der Waals surface area contributed by atoms with Gasteiger partial charge in [-0.2, -0.15) is 4.98 Å². The van der Waals surface area contributed by atoms with E-state index < -0.39 is 6.04 Å². The number of hydrogen-bond donors (Lipinski definition) is 2. The summed E-state index contributed by atoms with van der Waals surface area (Å²) in [6.07, 6.45) is 5.82. The highest BCUT2D eigenvalue weighted by Crippen LogP contribution is 2.32. The topological polar surface area (TPSA) is 103 Å². The molecule has 1 unspecified atom stereocenters. The van der Waals surface area contributed by atoms with Gasteiger partial charge in [0.1, 0.15) is 11.8 Å². The molecule has 0 radical (unpaired) electrons. The molecule has 1 atom stereocenters. The Labute approximate surface area is 157 Å². The lowest BCUT2D eigenvalue weighted by atomic mass is 9.89. The molecule has 1 amide bonds. The monoisotopic (exact) mass is 378 g/mol. The zero-order chi connectivity index (χ0) is 18.7. The van der Waals surface area contributed by atoms with Crippen LogP contribution in [0.3, 0.4) is 0 Å². The predicted octanol–water partition coefficient (Wildman–Crippen LogP) is 3.85. The minimum atomic E-state index is -0.437. The molecule has 0 saturated heterocycles. The molecular formula is C18H23ClN4O3. The molecule has 140 valence electrons. The minimum absolute atomic E-state index is 0.293. The highest BCUT2D eigenvalue weighted by molar-refractivity contribution is 6.33. The number of nitrogens with zero attached hydrogens (tertiary/aromatic N) is 2. The molecule has 1 aromatic carbocycles.